The van der Waals surface area contributed by atoms with E-state index < -0.39 is 12.1 Å². The van der Waals surface area contributed by atoms with Crippen LogP contribution in [-0.2, 0) is 27.3 Å². The monoisotopic (exact) mass is 451 g/mol. The number of carbonyl (C=O) groups excluding carboxylic acids is 2. The van der Waals surface area contributed by atoms with E-state index in [9.17, 15) is 9.59 Å². The molecule has 8 nitrogen and oxygen atoms in total. The average molecular weight is 452 g/mol. The van der Waals surface area contributed by atoms with Crippen LogP contribution in [0.25, 0.3) is 0 Å². The molecule has 0 aromatic heterocycles. The van der Waals surface area contributed by atoms with Gasteiger partial charge >= 0.3 is 0 Å². The Morgan fingerprint density at radius 3 is 2.48 bits per heavy atom. The Hall–Kier alpha value is -3.23. The fraction of sp³-hybridized carbons (Fsp3) is 0.400. The molecule has 2 amide bonds. The number of amides is 2. The van der Waals surface area contributed by atoms with Gasteiger partial charge in [0.2, 0.25) is 11.8 Å². The summed E-state index contributed by atoms with van der Waals surface area (Å²) in [4.78, 5) is 27.8. The van der Waals surface area contributed by atoms with Gasteiger partial charge in [-0.05, 0) is 30.4 Å². The van der Waals surface area contributed by atoms with Gasteiger partial charge in [-0.3, -0.25) is 15.0 Å². The highest BCUT2D eigenvalue weighted by Crippen LogP contribution is 2.25. The van der Waals surface area contributed by atoms with Crippen molar-refractivity contribution in [2.45, 2.75) is 37.9 Å². The molecule has 2 aromatic carbocycles. The molecule has 0 saturated carbocycles. The summed E-state index contributed by atoms with van der Waals surface area (Å²) in [6.07, 6.45) is 1.77. The average Bonchev–Trinajstić information content (AvgIpc) is 3.25. The summed E-state index contributed by atoms with van der Waals surface area (Å²) in [5.41, 5.74) is 14.4. The van der Waals surface area contributed by atoms with Crippen LogP contribution in [0.2, 0.25) is 0 Å². The Kier molecular flexibility index (Phi) is 8.57. The van der Waals surface area contributed by atoms with Gasteiger partial charge in [0.15, 0.2) is 0 Å². The molecule has 33 heavy (non-hydrogen) atoms. The molecule has 0 aliphatic carbocycles. The summed E-state index contributed by atoms with van der Waals surface area (Å²) in [6, 6.07) is 15.8. The first-order valence-electron chi connectivity index (χ1n) is 11.2. The second-order valence-electron chi connectivity index (χ2n) is 8.52. The third-order valence-corrected chi connectivity index (χ3v) is 6.01. The van der Waals surface area contributed by atoms with Crippen LogP contribution >= 0.6 is 0 Å². The normalized spacial score (nSPS) is 18.7. The Balaban J connectivity index is 1.61. The Morgan fingerprint density at radius 2 is 1.85 bits per heavy atom. The largest absolute Gasteiger partial charge is 0.384 e. The van der Waals surface area contributed by atoms with Crippen molar-refractivity contribution in [2.24, 2.45) is 17.4 Å². The fourth-order valence-corrected chi connectivity index (χ4v) is 4.18. The molecular formula is C25H33N5O3. The number of ether oxygens (including phenoxy) is 1. The first-order valence-corrected chi connectivity index (χ1v) is 11.2. The minimum atomic E-state index is -0.666. The molecule has 3 atom stereocenters. The summed E-state index contributed by atoms with van der Waals surface area (Å²) in [6.45, 7) is 1.26. The number of carbonyl (C=O) groups is 2. The maximum atomic E-state index is 13.2. The topological polar surface area (TPSA) is 135 Å². The van der Waals surface area contributed by atoms with Crippen LogP contribution in [0.5, 0.6) is 0 Å². The van der Waals surface area contributed by atoms with Gasteiger partial charge < -0.3 is 26.4 Å². The van der Waals surface area contributed by atoms with E-state index in [-0.39, 0.29) is 23.6 Å². The van der Waals surface area contributed by atoms with Gasteiger partial charge in [-0.2, -0.15) is 0 Å². The van der Waals surface area contributed by atoms with Crippen molar-refractivity contribution in [3.63, 3.8) is 0 Å². The molecule has 6 N–H and O–H groups in total. The van der Waals surface area contributed by atoms with Gasteiger partial charge in [0.1, 0.15) is 11.9 Å². The molecule has 2 aromatic rings. The Labute approximate surface area is 194 Å². The van der Waals surface area contributed by atoms with E-state index in [0.717, 1.165) is 11.1 Å². The quantitative estimate of drug-likeness (QED) is 0.320. The van der Waals surface area contributed by atoms with Crippen LogP contribution in [-0.4, -0.2) is 54.9 Å². The predicted molar refractivity (Wildman–Crippen MR) is 128 cm³/mol. The van der Waals surface area contributed by atoms with E-state index in [1.807, 2.05) is 42.5 Å². The lowest BCUT2D eigenvalue weighted by atomic mass is 10.0. The third kappa shape index (κ3) is 6.63. The van der Waals surface area contributed by atoms with Crippen LogP contribution in [0.3, 0.4) is 0 Å². The first kappa shape index (κ1) is 24.4. The highest BCUT2D eigenvalue weighted by molar-refractivity contribution is 5.95. The zero-order valence-corrected chi connectivity index (χ0v) is 19.0. The summed E-state index contributed by atoms with van der Waals surface area (Å²) in [5, 5.41) is 10.4. The van der Waals surface area contributed by atoms with Crippen molar-refractivity contribution in [3.8, 4) is 0 Å². The molecule has 1 unspecified atom stereocenters. The van der Waals surface area contributed by atoms with E-state index in [4.69, 9.17) is 21.6 Å². The van der Waals surface area contributed by atoms with Gasteiger partial charge in [0.25, 0.3) is 0 Å². The van der Waals surface area contributed by atoms with E-state index in [0.29, 0.717) is 44.5 Å². The highest BCUT2D eigenvalue weighted by atomic mass is 16.5. The maximum Gasteiger partial charge on any atom is 0.243 e. The van der Waals surface area contributed by atoms with Crippen LogP contribution in [0.15, 0.2) is 54.6 Å². The molecule has 1 aliphatic rings. The minimum absolute atomic E-state index is 0.00140. The van der Waals surface area contributed by atoms with Gasteiger partial charge in [-0.25, -0.2) is 0 Å². The second-order valence-corrected chi connectivity index (χ2v) is 8.52. The number of benzene rings is 2. The lowest BCUT2D eigenvalue weighted by molar-refractivity contribution is -0.139. The van der Waals surface area contributed by atoms with E-state index >= 15 is 0 Å². The lowest BCUT2D eigenvalue weighted by Crippen LogP contribution is -2.51. The highest BCUT2D eigenvalue weighted by Gasteiger charge is 2.40. The number of rotatable bonds is 10. The molecule has 8 heteroatoms. The summed E-state index contributed by atoms with van der Waals surface area (Å²) < 4.78 is 5.28. The molecule has 1 heterocycles. The number of amidine groups is 1. The number of likely N-dealkylation sites (tertiary alicyclic amines) is 1. The number of nitrogen functional groups attached to an aromatic ring is 1. The van der Waals surface area contributed by atoms with Gasteiger partial charge in [0, 0.05) is 31.7 Å². The molecule has 0 spiro atoms. The molecule has 1 fully saturated rings. The summed E-state index contributed by atoms with van der Waals surface area (Å²) in [7, 11) is 1.62. The molecule has 0 bridgehead atoms. The minimum Gasteiger partial charge on any atom is -0.384 e. The van der Waals surface area contributed by atoms with E-state index in [1.165, 1.54) is 0 Å². The molecule has 1 aliphatic heterocycles. The van der Waals surface area contributed by atoms with Crippen molar-refractivity contribution >= 4 is 17.6 Å². The van der Waals surface area contributed by atoms with Gasteiger partial charge in [-0.1, -0.05) is 54.6 Å². The maximum absolute atomic E-state index is 13.2. The number of methoxy groups -OCH3 is 1. The van der Waals surface area contributed by atoms with Crippen molar-refractivity contribution in [1.82, 2.24) is 10.2 Å². The molecule has 3 rings (SSSR count). The number of nitrogens with one attached hydrogen (secondary N) is 2. The van der Waals surface area contributed by atoms with Crippen LogP contribution in [0.1, 0.15) is 29.5 Å². The van der Waals surface area contributed by atoms with Crippen molar-refractivity contribution in [2.75, 3.05) is 20.3 Å². The second kappa shape index (κ2) is 11.6. The number of hydrogen-bond donors (Lipinski definition) is 4. The third-order valence-electron chi connectivity index (χ3n) is 6.01. The lowest BCUT2D eigenvalue weighted by Gasteiger charge is -2.27. The van der Waals surface area contributed by atoms with Gasteiger partial charge in [-0.15, -0.1) is 0 Å². The van der Waals surface area contributed by atoms with Crippen LogP contribution in [0.4, 0.5) is 0 Å². The molecular weight excluding hydrogens is 418 g/mol. The number of nitrogens with zero attached hydrogens (tertiary/aromatic N) is 1. The van der Waals surface area contributed by atoms with E-state index in [1.54, 1.807) is 24.1 Å². The summed E-state index contributed by atoms with van der Waals surface area (Å²) in [5.74, 6) is -0.312. The molecule has 176 valence electrons. The number of hydrogen-bond acceptors (Lipinski definition) is 5. The number of aryl methyl sites for hydroxylation is 1. The van der Waals surface area contributed by atoms with E-state index in [2.05, 4.69) is 5.32 Å². The molecule has 0 radical (unpaired) electrons. The zero-order valence-electron chi connectivity index (χ0n) is 19.0. The number of nitrogens with two attached hydrogens (primary N) is 2. The van der Waals surface area contributed by atoms with Crippen LogP contribution < -0.4 is 16.8 Å². The molecule has 1 saturated heterocycles. The Morgan fingerprint density at radius 1 is 1.15 bits per heavy atom. The first-order chi connectivity index (χ1) is 15.9. The van der Waals surface area contributed by atoms with Crippen molar-refractivity contribution < 1.29 is 14.3 Å². The predicted octanol–water partition coefficient (Wildman–Crippen LogP) is 1.41. The van der Waals surface area contributed by atoms with Crippen molar-refractivity contribution in [1.29, 1.82) is 5.41 Å². The van der Waals surface area contributed by atoms with Gasteiger partial charge in [0.05, 0.1) is 12.6 Å². The van der Waals surface area contributed by atoms with Crippen LogP contribution in [0, 0.1) is 11.3 Å². The smallest absolute Gasteiger partial charge is 0.243 e. The Bertz CT molecular complexity index is 948. The fourth-order valence-electron chi connectivity index (χ4n) is 4.18. The van der Waals surface area contributed by atoms with Crippen molar-refractivity contribution in [3.05, 3.63) is 71.3 Å². The SMILES string of the molecule is COC[C@H]1C[C@@H](C(=O)NCc2ccc(C(=N)N)cc2)N(C(=O)C(N)CCc2ccccc2)C1. The standard InChI is InChI=1S/C25H33N5O3/c1-33-16-19-13-22(24(31)29-14-18-7-10-20(11-8-18)23(27)28)30(15-19)25(32)21(26)12-9-17-5-3-2-4-6-17/h2-8,10-11,19,21-22H,9,12-16,26H2,1H3,(H3,27,28)(H,29,31)/t19-,21?,22-/m0/s1. The summed E-state index contributed by atoms with van der Waals surface area (Å²) >= 11 is 0. The zero-order chi connectivity index (χ0) is 23.8.